The highest BCUT2D eigenvalue weighted by molar-refractivity contribution is 9.10. The molecule has 1 aromatic rings. The van der Waals surface area contributed by atoms with Crippen molar-refractivity contribution < 1.29 is 22.7 Å². The van der Waals surface area contributed by atoms with Crippen LogP contribution in [-0.4, -0.2) is 18.9 Å². The molecule has 17 heavy (non-hydrogen) atoms. The molecule has 1 N–H and O–H groups in total. The van der Waals surface area contributed by atoms with Crippen molar-refractivity contribution in [2.75, 3.05) is 11.9 Å². The Labute approximate surface area is 104 Å². The average Bonchev–Trinajstić information content (AvgIpc) is 2.20. The Bertz CT molecular complexity index is 421. The van der Waals surface area contributed by atoms with Crippen LogP contribution in [0.1, 0.15) is 5.56 Å². The van der Waals surface area contributed by atoms with Crippen LogP contribution in [0.25, 0.3) is 0 Å². The summed E-state index contributed by atoms with van der Waals surface area (Å²) in [6.45, 7) is 0.185. The van der Waals surface area contributed by atoms with E-state index in [9.17, 15) is 18.0 Å². The normalized spacial score (nSPS) is 11.1. The van der Waals surface area contributed by atoms with Gasteiger partial charge in [-0.15, -0.1) is 0 Å². The molecular weight excluding hydrogens is 303 g/mol. The van der Waals surface area contributed by atoms with Crippen LogP contribution in [0.3, 0.4) is 0 Å². The van der Waals surface area contributed by atoms with Gasteiger partial charge in [0, 0.05) is 10.2 Å². The number of nitrogens with one attached hydrogen (secondary N) is 1. The maximum atomic E-state index is 11.8. The van der Waals surface area contributed by atoms with Gasteiger partial charge in [-0.2, -0.15) is 13.2 Å². The lowest BCUT2D eigenvalue weighted by molar-refractivity contribution is -0.159. The molecule has 7 heteroatoms. The van der Waals surface area contributed by atoms with Crippen LogP contribution in [0.15, 0.2) is 22.7 Å². The topological polar surface area (TPSA) is 38.3 Å². The third-order valence-electron chi connectivity index (χ3n) is 1.77. The molecule has 0 saturated heterocycles. The summed E-state index contributed by atoms with van der Waals surface area (Å²) >= 11 is 3.26. The van der Waals surface area contributed by atoms with Crippen LogP contribution in [0.5, 0.6) is 0 Å². The maximum Gasteiger partial charge on any atom is 0.422 e. The Morgan fingerprint density at radius 1 is 1.47 bits per heavy atom. The Hall–Kier alpha value is -1.24. The molecule has 0 aliphatic heterocycles. The molecule has 0 fully saturated rings. The van der Waals surface area contributed by atoms with Crippen molar-refractivity contribution in [3.05, 3.63) is 28.2 Å². The summed E-state index contributed by atoms with van der Waals surface area (Å²) in [6, 6.07) is 4.83. The van der Waals surface area contributed by atoms with Crippen molar-refractivity contribution in [2.45, 2.75) is 13.1 Å². The molecule has 0 spiro atoms. The van der Waals surface area contributed by atoms with E-state index in [-0.39, 0.29) is 0 Å². The van der Waals surface area contributed by atoms with Gasteiger partial charge in [0.25, 0.3) is 0 Å². The number of ether oxygens (including phenoxy) is 1. The lowest BCUT2D eigenvalue weighted by Crippen LogP contribution is -2.23. The van der Waals surface area contributed by atoms with Crippen LogP contribution in [0.2, 0.25) is 0 Å². The summed E-state index contributed by atoms with van der Waals surface area (Å²) in [5.74, 6) is 0. The van der Waals surface area contributed by atoms with Gasteiger partial charge in [0.2, 0.25) is 0 Å². The minimum atomic E-state index is -4.52. The fourth-order valence-corrected chi connectivity index (χ4v) is 1.27. The highest BCUT2D eigenvalue weighted by atomic mass is 79.9. The van der Waals surface area contributed by atoms with E-state index in [0.717, 1.165) is 10.0 Å². The smallest absolute Gasteiger partial charge is 0.422 e. The molecule has 1 amide bonds. The van der Waals surface area contributed by atoms with Gasteiger partial charge in [0.15, 0.2) is 6.61 Å². The van der Waals surface area contributed by atoms with Crippen molar-refractivity contribution in [3.63, 3.8) is 0 Å². The Morgan fingerprint density at radius 3 is 2.65 bits per heavy atom. The number of hydrogen-bond donors (Lipinski definition) is 1. The SMILES string of the molecule is Cc1cc(NC(=O)OCC(F)(F)F)ccc1Br. The first-order valence-electron chi connectivity index (χ1n) is 4.54. The molecule has 1 aromatic carbocycles. The first-order chi connectivity index (χ1) is 7.78. The molecule has 0 bridgehead atoms. The number of rotatable bonds is 2. The Morgan fingerprint density at radius 2 is 2.12 bits per heavy atom. The maximum absolute atomic E-state index is 11.8. The highest BCUT2D eigenvalue weighted by Crippen LogP contribution is 2.20. The summed E-state index contributed by atoms with van der Waals surface area (Å²) in [4.78, 5) is 11.0. The molecule has 0 unspecified atom stereocenters. The van der Waals surface area contributed by atoms with Gasteiger partial charge in [0.1, 0.15) is 0 Å². The molecule has 0 aliphatic carbocycles. The number of amides is 1. The average molecular weight is 312 g/mol. The summed E-state index contributed by atoms with van der Waals surface area (Å²) in [5.41, 5.74) is 1.22. The van der Waals surface area contributed by atoms with Gasteiger partial charge >= 0.3 is 12.3 Å². The molecule has 0 aliphatic rings. The van der Waals surface area contributed by atoms with E-state index >= 15 is 0 Å². The second-order valence-electron chi connectivity index (χ2n) is 3.28. The van der Waals surface area contributed by atoms with Gasteiger partial charge in [0.05, 0.1) is 0 Å². The van der Waals surface area contributed by atoms with E-state index < -0.39 is 18.9 Å². The van der Waals surface area contributed by atoms with Crippen molar-refractivity contribution in [3.8, 4) is 0 Å². The van der Waals surface area contributed by atoms with Crippen LogP contribution in [0, 0.1) is 6.92 Å². The van der Waals surface area contributed by atoms with Crippen molar-refractivity contribution in [1.29, 1.82) is 0 Å². The number of aryl methyl sites for hydroxylation is 1. The number of benzene rings is 1. The zero-order chi connectivity index (χ0) is 13.1. The number of alkyl halides is 3. The minimum absolute atomic E-state index is 0.373. The molecule has 0 heterocycles. The van der Waals surface area contributed by atoms with Crippen molar-refractivity contribution in [1.82, 2.24) is 0 Å². The lowest BCUT2D eigenvalue weighted by Gasteiger charge is -2.09. The van der Waals surface area contributed by atoms with Crippen molar-refractivity contribution >= 4 is 27.7 Å². The van der Waals surface area contributed by atoms with Crippen LogP contribution >= 0.6 is 15.9 Å². The van der Waals surface area contributed by atoms with E-state index in [4.69, 9.17) is 0 Å². The van der Waals surface area contributed by atoms with Crippen LogP contribution in [-0.2, 0) is 4.74 Å². The van der Waals surface area contributed by atoms with E-state index in [2.05, 4.69) is 26.0 Å². The zero-order valence-electron chi connectivity index (χ0n) is 8.77. The lowest BCUT2D eigenvalue weighted by atomic mass is 10.2. The first kappa shape index (κ1) is 13.8. The van der Waals surface area contributed by atoms with Gasteiger partial charge in [-0.3, -0.25) is 5.32 Å². The summed E-state index contributed by atoms with van der Waals surface area (Å²) in [7, 11) is 0. The molecule has 3 nitrogen and oxygen atoms in total. The van der Waals surface area contributed by atoms with E-state index in [1.807, 2.05) is 0 Å². The largest absolute Gasteiger partial charge is 0.440 e. The fraction of sp³-hybridized carbons (Fsp3) is 0.300. The van der Waals surface area contributed by atoms with Crippen molar-refractivity contribution in [2.24, 2.45) is 0 Å². The molecule has 0 aromatic heterocycles. The first-order valence-corrected chi connectivity index (χ1v) is 5.34. The molecule has 1 rings (SSSR count). The summed E-state index contributed by atoms with van der Waals surface area (Å²) in [5, 5.41) is 2.20. The van der Waals surface area contributed by atoms with Crippen LogP contribution in [0.4, 0.5) is 23.7 Å². The van der Waals surface area contributed by atoms with Gasteiger partial charge < -0.3 is 4.74 Å². The number of carbonyl (C=O) groups excluding carboxylic acids is 1. The minimum Gasteiger partial charge on any atom is -0.440 e. The number of anilines is 1. The van der Waals surface area contributed by atoms with E-state index in [1.165, 1.54) is 0 Å². The summed E-state index contributed by atoms with van der Waals surface area (Å²) < 4.78 is 40.1. The van der Waals surface area contributed by atoms with Gasteiger partial charge in [-0.1, -0.05) is 15.9 Å². The van der Waals surface area contributed by atoms with Gasteiger partial charge in [-0.25, -0.2) is 4.79 Å². The third-order valence-corrected chi connectivity index (χ3v) is 2.66. The number of hydrogen-bond acceptors (Lipinski definition) is 2. The monoisotopic (exact) mass is 311 g/mol. The van der Waals surface area contributed by atoms with E-state index in [0.29, 0.717) is 5.69 Å². The highest BCUT2D eigenvalue weighted by Gasteiger charge is 2.29. The number of halogens is 4. The summed E-state index contributed by atoms with van der Waals surface area (Å²) in [6.07, 6.45) is -5.66. The second kappa shape index (κ2) is 5.39. The number of carbonyl (C=O) groups is 1. The molecule has 0 atom stereocenters. The van der Waals surface area contributed by atoms with Crippen LogP contribution < -0.4 is 5.32 Å². The quantitative estimate of drug-likeness (QED) is 0.900. The Balaban J connectivity index is 2.54. The van der Waals surface area contributed by atoms with E-state index in [1.54, 1.807) is 25.1 Å². The zero-order valence-corrected chi connectivity index (χ0v) is 10.4. The molecular formula is C10H9BrF3NO2. The second-order valence-corrected chi connectivity index (χ2v) is 4.13. The van der Waals surface area contributed by atoms with Gasteiger partial charge in [-0.05, 0) is 30.7 Å². The standard InChI is InChI=1S/C10H9BrF3NO2/c1-6-4-7(2-3-8(6)11)15-9(16)17-5-10(12,13)14/h2-4H,5H2,1H3,(H,15,16). The molecule has 0 radical (unpaired) electrons. The third kappa shape index (κ3) is 5.08. The molecule has 94 valence electrons. The Kier molecular flexibility index (Phi) is 4.39. The fourth-order valence-electron chi connectivity index (χ4n) is 1.02. The predicted octanol–water partition coefficient (Wildman–Crippen LogP) is 3.87. The molecule has 0 saturated carbocycles. The predicted molar refractivity (Wildman–Crippen MR) is 59.9 cm³/mol.